The topological polar surface area (TPSA) is 74.8 Å². The Morgan fingerprint density at radius 1 is 0.778 bits per heavy atom. The van der Waals surface area contributed by atoms with E-state index in [1.165, 1.54) is 32.9 Å². The van der Waals surface area contributed by atoms with Gasteiger partial charge in [0.15, 0.2) is 0 Å². The van der Waals surface area contributed by atoms with Crippen molar-refractivity contribution in [1.29, 1.82) is 0 Å². The Morgan fingerprint density at radius 2 is 1.30 bits per heavy atom. The standard InChI is InChI=1S/C17H18Cl2N2O4S2/c1-13-5-6-16(12-17(13)19)27(24,25)21-9-7-20(8-10-21)26(22,23)15-4-2-3-14(18)11-15/h2-6,11-12H,7-10H2,1H3. The van der Waals surface area contributed by atoms with Crippen LogP contribution < -0.4 is 0 Å². The molecule has 0 radical (unpaired) electrons. The van der Waals surface area contributed by atoms with Crippen LogP contribution in [-0.2, 0) is 20.0 Å². The van der Waals surface area contributed by atoms with Crippen LogP contribution in [0, 0.1) is 6.92 Å². The highest BCUT2D eigenvalue weighted by Gasteiger charge is 2.34. The molecule has 0 unspecified atom stereocenters. The van der Waals surface area contributed by atoms with Gasteiger partial charge >= 0.3 is 0 Å². The molecule has 0 spiro atoms. The van der Waals surface area contributed by atoms with Crippen molar-refractivity contribution in [2.75, 3.05) is 26.2 Å². The van der Waals surface area contributed by atoms with E-state index in [1.54, 1.807) is 25.1 Å². The highest BCUT2D eigenvalue weighted by Crippen LogP contribution is 2.25. The number of nitrogens with zero attached hydrogens (tertiary/aromatic N) is 2. The van der Waals surface area contributed by atoms with Gasteiger partial charge in [0.05, 0.1) is 9.79 Å². The second kappa shape index (κ2) is 7.69. The summed E-state index contributed by atoms with van der Waals surface area (Å²) >= 11 is 11.9. The van der Waals surface area contributed by atoms with E-state index in [2.05, 4.69) is 0 Å². The largest absolute Gasteiger partial charge is 0.243 e. The van der Waals surface area contributed by atoms with E-state index < -0.39 is 20.0 Å². The fourth-order valence-corrected chi connectivity index (χ4v) is 6.23. The minimum Gasteiger partial charge on any atom is -0.207 e. The van der Waals surface area contributed by atoms with Crippen molar-refractivity contribution in [3.05, 3.63) is 58.1 Å². The SMILES string of the molecule is Cc1ccc(S(=O)(=O)N2CCN(S(=O)(=O)c3cccc(Cl)c3)CC2)cc1Cl. The van der Waals surface area contributed by atoms with Crippen molar-refractivity contribution in [2.24, 2.45) is 0 Å². The van der Waals surface area contributed by atoms with Crippen molar-refractivity contribution in [1.82, 2.24) is 8.61 Å². The quantitative estimate of drug-likeness (QED) is 0.720. The number of halogens is 2. The molecule has 1 fully saturated rings. The predicted octanol–water partition coefficient (Wildman–Crippen LogP) is 3.00. The molecule has 1 saturated heterocycles. The van der Waals surface area contributed by atoms with Crippen LogP contribution in [0.5, 0.6) is 0 Å². The number of piperazine rings is 1. The second-order valence-corrected chi connectivity index (χ2v) is 10.9. The van der Waals surface area contributed by atoms with Crippen LogP contribution in [0.2, 0.25) is 10.0 Å². The maximum Gasteiger partial charge on any atom is 0.243 e. The Morgan fingerprint density at radius 3 is 1.78 bits per heavy atom. The molecule has 1 aliphatic heterocycles. The highest BCUT2D eigenvalue weighted by atomic mass is 35.5. The van der Waals surface area contributed by atoms with Gasteiger partial charge in [-0.3, -0.25) is 0 Å². The zero-order valence-electron chi connectivity index (χ0n) is 14.5. The summed E-state index contributed by atoms with van der Waals surface area (Å²) in [6, 6.07) is 10.6. The van der Waals surface area contributed by atoms with Gasteiger partial charge in [0.2, 0.25) is 20.0 Å². The zero-order valence-corrected chi connectivity index (χ0v) is 17.6. The van der Waals surface area contributed by atoms with Crippen molar-refractivity contribution < 1.29 is 16.8 Å². The lowest BCUT2D eigenvalue weighted by molar-refractivity contribution is 0.273. The van der Waals surface area contributed by atoms with Crippen molar-refractivity contribution >= 4 is 43.2 Å². The van der Waals surface area contributed by atoms with Crippen molar-refractivity contribution in [2.45, 2.75) is 16.7 Å². The average molecular weight is 449 g/mol. The molecule has 146 valence electrons. The van der Waals surface area contributed by atoms with Crippen molar-refractivity contribution in [3.8, 4) is 0 Å². The Hall–Kier alpha value is -1.16. The molecule has 1 heterocycles. The van der Waals surface area contributed by atoms with E-state index in [1.807, 2.05) is 0 Å². The molecule has 0 N–H and O–H groups in total. The van der Waals surface area contributed by atoms with E-state index >= 15 is 0 Å². The van der Waals surface area contributed by atoms with Crippen LogP contribution in [0.3, 0.4) is 0 Å². The molecule has 0 atom stereocenters. The van der Waals surface area contributed by atoms with Gasteiger partial charge < -0.3 is 0 Å². The lowest BCUT2D eigenvalue weighted by Crippen LogP contribution is -2.50. The average Bonchev–Trinajstić information content (AvgIpc) is 2.64. The summed E-state index contributed by atoms with van der Waals surface area (Å²) in [5.74, 6) is 0. The van der Waals surface area contributed by atoms with Gasteiger partial charge in [-0.05, 0) is 42.8 Å². The Balaban J connectivity index is 1.77. The first-order valence-electron chi connectivity index (χ1n) is 8.14. The number of rotatable bonds is 4. The third-order valence-electron chi connectivity index (χ3n) is 4.41. The number of hydrogen-bond acceptors (Lipinski definition) is 4. The molecule has 6 nitrogen and oxygen atoms in total. The van der Waals surface area contributed by atoms with Gasteiger partial charge in [-0.25, -0.2) is 16.8 Å². The fraction of sp³-hybridized carbons (Fsp3) is 0.294. The molecule has 0 saturated carbocycles. The molecule has 10 heteroatoms. The minimum atomic E-state index is -3.74. The Labute approximate surface area is 169 Å². The summed E-state index contributed by atoms with van der Waals surface area (Å²) in [6.07, 6.45) is 0. The van der Waals surface area contributed by atoms with Crippen LogP contribution in [-0.4, -0.2) is 51.6 Å². The zero-order chi connectivity index (χ0) is 19.8. The first-order valence-corrected chi connectivity index (χ1v) is 11.8. The maximum atomic E-state index is 12.8. The molecule has 27 heavy (non-hydrogen) atoms. The number of hydrogen-bond donors (Lipinski definition) is 0. The summed E-state index contributed by atoms with van der Waals surface area (Å²) in [4.78, 5) is 0.195. The van der Waals surface area contributed by atoms with Crippen LogP contribution in [0.4, 0.5) is 0 Å². The molecule has 0 aromatic heterocycles. The molecule has 2 aromatic carbocycles. The summed E-state index contributed by atoms with van der Waals surface area (Å²) in [6.45, 7) is 2.04. The van der Waals surface area contributed by atoms with Gasteiger partial charge in [0.25, 0.3) is 0 Å². The van der Waals surface area contributed by atoms with E-state index in [0.29, 0.717) is 10.0 Å². The van der Waals surface area contributed by atoms with Gasteiger partial charge in [-0.2, -0.15) is 8.61 Å². The van der Waals surface area contributed by atoms with E-state index in [-0.39, 0.29) is 36.0 Å². The third kappa shape index (κ3) is 4.16. The molecule has 0 amide bonds. The van der Waals surface area contributed by atoms with Gasteiger partial charge in [-0.1, -0.05) is 35.3 Å². The highest BCUT2D eigenvalue weighted by molar-refractivity contribution is 7.89. The summed E-state index contributed by atoms with van der Waals surface area (Å²) in [5.41, 5.74) is 0.785. The molecule has 0 aliphatic carbocycles. The van der Waals surface area contributed by atoms with E-state index in [0.717, 1.165) is 5.56 Å². The van der Waals surface area contributed by atoms with Crippen LogP contribution in [0.15, 0.2) is 52.3 Å². The lowest BCUT2D eigenvalue weighted by Gasteiger charge is -2.33. The molecular formula is C17H18Cl2N2O4S2. The lowest BCUT2D eigenvalue weighted by atomic mass is 10.2. The molecular weight excluding hydrogens is 431 g/mol. The van der Waals surface area contributed by atoms with Crippen molar-refractivity contribution in [3.63, 3.8) is 0 Å². The smallest absolute Gasteiger partial charge is 0.207 e. The molecule has 2 aromatic rings. The van der Waals surface area contributed by atoms with Gasteiger partial charge in [0, 0.05) is 36.2 Å². The third-order valence-corrected chi connectivity index (χ3v) is 8.84. The molecule has 3 rings (SSSR count). The fourth-order valence-electron chi connectivity index (χ4n) is 2.81. The van der Waals surface area contributed by atoms with Crippen LogP contribution in [0.1, 0.15) is 5.56 Å². The van der Waals surface area contributed by atoms with Crippen LogP contribution >= 0.6 is 23.2 Å². The summed E-state index contributed by atoms with van der Waals surface area (Å²) in [7, 11) is -7.46. The first kappa shape index (κ1) is 20.6. The van der Waals surface area contributed by atoms with E-state index in [9.17, 15) is 16.8 Å². The summed E-state index contributed by atoms with van der Waals surface area (Å²) < 4.78 is 53.6. The normalized spacial score (nSPS) is 17.1. The van der Waals surface area contributed by atoms with Crippen LogP contribution in [0.25, 0.3) is 0 Å². The second-order valence-electron chi connectivity index (χ2n) is 6.18. The maximum absolute atomic E-state index is 12.8. The van der Waals surface area contributed by atoms with E-state index in [4.69, 9.17) is 23.2 Å². The number of sulfonamides is 2. The predicted molar refractivity (Wildman–Crippen MR) is 105 cm³/mol. The number of benzene rings is 2. The summed E-state index contributed by atoms with van der Waals surface area (Å²) in [5, 5.41) is 0.701. The minimum absolute atomic E-state index is 0.0631. The number of aryl methyl sites for hydroxylation is 1. The van der Waals surface area contributed by atoms with Gasteiger partial charge in [-0.15, -0.1) is 0 Å². The Kier molecular flexibility index (Phi) is 5.86. The Bertz CT molecular complexity index is 1060. The molecule has 1 aliphatic rings. The first-order chi connectivity index (χ1) is 12.6. The monoisotopic (exact) mass is 448 g/mol. The molecule has 0 bridgehead atoms. The van der Waals surface area contributed by atoms with Gasteiger partial charge in [0.1, 0.15) is 0 Å².